The van der Waals surface area contributed by atoms with Crippen molar-refractivity contribution in [2.75, 3.05) is 30.3 Å². The van der Waals surface area contributed by atoms with Gasteiger partial charge in [0.05, 0.1) is 23.0 Å². The van der Waals surface area contributed by atoms with Crippen LogP contribution in [0.5, 0.6) is 5.75 Å². The lowest BCUT2D eigenvalue weighted by Gasteiger charge is -2.32. The first-order valence-electron chi connectivity index (χ1n) is 10.3. The summed E-state index contributed by atoms with van der Waals surface area (Å²) in [5.74, 6) is 0.731. The fourth-order valence-corrected chi connectivity index (χ4v) is 4.59. The molecule has 2 aromatic heterocycles. The molecule has 0 spiro atoms. The second kappa shape index (κ2) is 10.0. The summed E-state index contributed by atoms with van der Waals surface area (Å²) in [7, 11) is 1.87. The highest BCUT2D eigenvalue weighted by Gasteiger charge is 2.24. The van der Waals surface area contributed by atoms with Crippen LogP contribution in [0.2, 0.25) is 0 Å². The molecule has 0 bridgehead atoms. The lowest BCUT2D eigenvalue weighted by molar-refractivity contribution is -0.139. The number of rotatable bonds is 7. The summed E-state index contributed by atoms with van der Waals surface area (Å²) in [6, 6.07) is 4.44. The van der Waals surface area contributed by atoms with Crippen molar-refractivity contribution >= 4 is 50.8 Å². The molecule has 1 fully saturated rings. The number of carbonyl (C=O) groups excluding carboxylic acids is 1. The highest BCUT2D eigenvalue weighted by Crippen LogP contribution is 2.29. The molecule has 8 nitrogen and oxygen atoms in total. The van der Waals surface area contributed by atoms with Gasteiger partial charge in [0.25, 0.3) is 0 Å². The van der Waals surface area contributed by atoms with Crippen LogP contribution in [-0.4, -0.2) is 57.0 Å². The maximum absolute atomic E-state index is 13.5. The standard InChI is InChI=1S/C21H23BrFN5O3S/c1-3-30-18(29)12-32-21-26-19-16(27(21)2)11-24-20(25-19)28-8-6-14(7-9-28)31-17-10-13(23)4-5-15(17)22/h4-5,10-11,14H,3,6-9,12H2,1-2H3. The van der Waals surface area contributed by atoms with Gasteiger partial charge in [-0.25, -0.2) is 14.4 Å². The first-order valence-corrected chi connectivity index (χ1v) is 12.1. The SMILES string of the molecule is CCOC(=O)CSc1nc2nc(N3CCC(Oc4cc(F)ccc4Br)CC3)ncc2n1C. The van der Waals surface area contributed by atoms with Gasteiger partial charge >= 0.3 is 5.97 Å². The fourth-order valence-electron chi connectivity index (χ4n) is 3.47. The van der Waals surface area contributed by atoms with Gasteiger partial charge in [-0.15, -0.1) is 0 Å². The number of fused-ring (bicyclic) bond motifs is 1. The highest BCUT2D eigenvalue weighted by atomic mass is 79.9. The molecule has 3 heterocycles. The van der Waals surface area contributed by atoms with E-state index in [1.807, 2.05) is 11.6 Å². The molecular weight excluding hydrogens is 501 g/mol. The predicted molar refractivity (Wildman–Crippen MR) is 124 cm³/mol. The zero-order chi connectivity index (χ0) is 22.7. The number of benzene rings is 1. The predicted octanol–water partition coefficient (Wildman–Crippen LogP) is 3.97. The zero-order valence-electron chi connectivity index (χ0n) is 17.8. The zero-order valence-corrected chi connectivity index (χ0v) is 20.2. The molecule has 0 amide bonds. The van der Waals surface area contributed by atoms with Crippen LogP contribution in [0.15, 0.2) is 34.0 Å². The Morgan fingerprint density at radius 3 is 2.84 bits per heavy atom. The van der Waals surface area contributed by atoms with Crippen molar-refractivity contribution in [3.8, 4) is 5.75 Å². The Kier molecular flexibility index (Phi) is 7.14. The molecule has 4 rings (SSSR count). The number of thioether (sulfide) groups is 1. The topological polar surface area (TPSA) is 82.4 Å². The minimum atomic E-state index is -0.322. The van der Waals surface area contributed by atoms with Crippen molar-refractivity contribution in [1.82, 2.24) is 19.5 Å². The molecule has 1 saturated heterocycles. The second-order valence-electron chi connectivity index (χ2n) is 7.30. The van der Waals surface area contributed by atoms with E-state index in [-0.39, 0.29) is 23.6 Å². The molecular formula is C21H23BrFN5O3S. The van der Waals surface area contributed by atoms with Gasteiger partial charge < -0.3 is 18.9 Å². The Morgan fingerprint density at radius 2 is 2.09 bits per heavy atom. The smallest absolute Gasteiger partial charge is 0.316 e. The number of imidazole rings is 1. The fraction of sp³-hybridized carbons (Fsp3) is 0.429. The largest absolute Gasteiger partial charge is 0.489 e. The Labute approximate surface area is 197 Å². The third-order valence-corrected chi connectivity index (χ3v) is 6.78. The molecule has 3 aromatic rings. The first-order chi connectivity index (χ1) is 15.4. The molecule has 0 atom stereocenters. The number of nitrogens with zero attached hydrogens (tertiary/aromatic N) is 5. The minimum absolute atomic E-state index is 0.00573. The maximum Gasteiger partial charge on any atom is 0.316 e. The number of halogens is 2. The Balaban J connectivity index is 1.40. The summed E-state index contributed by atoms with van der Waals surface area (Å²) in [6.07, 6.45) is 3.29. The number of piperidine rings is 1. The summed E-state index contributed by atoms with van der Waals surface area (Å²) in [5.41, 5.74) is 1.39. The van der Waals surface area contributed by atoms with Crippen LogP contribution >= 0.6 is 27.7 Å². The van der Waals surface area contributed by atoms with Gasteiger partial charge in [0.2, 0.25) is 5.95 Å². The monoisotopic (exact) mass is 523 g/mol. The van der Waals surface area contributed by atoms with E-state index in [0.29, 0.717) is 29.1 Å². The molecule has 0 saturated carbocycles. The highest BCUT2D eigenvalue weighted by molar-refractivity contribution is 9.10. The van der Waals surface area contributed by atoms with Gasteiger partial charge in [0.1, 0.15) is 23.2 Å². The molecule has 1 aromatic carbocycles. The quantitative estimate of drug-likeness (QED) is 0.339. The van der Waals surface area contributed by atoms with Gasteiger partial charge in [-0.1, -0.05) is 11.8 Å². The van der Waals surface area contributed by atoms with Crippen molar-refractivity contribution in [2.24, 2.45) is 7.05 Å². The van der Waals surface area contributed by atoms with Crippen molar-refractivity contribution < 1.29 is 18.7 Å². The van der Waals surface area contributed by atoms with Crippen molar-refractivity contribution in [2.45, 2.75) is 31.0 Å². The molecule has 0 radical (unpaired) electrons. The van der Waals surface area contributed by atoms with E-state index in [2.05, 4.69) is 35.8 Å². The normalized spacial score (nSPS) is 14.7. The number of esters is 1. The summed E-state index contributed by atoms with van der Waals surface area (Å²) in [4.78, 5) is 27.4. The minimum Gasteiger partial charge on any atom is -0.489 e. The Bertz CT molecular complexity index is 1120. The number of aromatic nitrogens is 4. The van der Waals surface area contributed by atoms with Crippen LogP contribution in [0.3, 0.4) is 0 Å². The third-order valence-electron chi connectivity index (χ3n) is 5.12. The number of anilines is 1. The molecule has 0 N–H and O–H groups in total. The molecule has 0 aliphatic carbocycles. The van der Waals surface area contributed by atoms with E-state index in [0.717, 1.165) is 35.9 Å². The van der Waals surface area contributed by atoms with Gasteiger partial charge in [-0.3, -0.25) is 4.79 Å². The Morgan fingerprint density at radius 1 is 1.31 bits per heavy atom. The number of carbonyl (C=O) groups is 1. The molecule has 0 unspecified atom stereocenters. The van der Waals surface area contributed by atoms with Crippen LogP contribution in [0, 0.1) is 5.82 Å². The summed E-state index contributed by atoms with van der Waals surface area (Å²) < 4.78 is 27.1. The number of hydrogen-bond acceptors (Lipinski definition) is 8. The first kappa shape index (κ1) is 22.8. The van der Waals surface area contributed by atoms with Crippen molar-refractivity contribution in [1.29, 1.82) is 0 Å². The summed E-state index contributed by atoms with van der Waals surface area (Å²) >= 11 is 4.72. The average molecular weight is 524 g/mol. The van der Waals surface area contributed by atoms with Crippen LogP contribution in [-0.2, 0) is 16.6 Å². The molecule has 11 heteroatoms. The van der Waals surface area contributed by atoms with Gasteiger partial charge in [-0.2, -0.15) is 4.98 Å². The molecule has 1 aliphatic heterocycles. The molecule has 170 valence electrons. The van der Waals surface area contributed by atoms with E-state index in [1.165, 1.54) is 23.9 Å². The second-order valence-corrected chi connectivity index (χ2v) is 9.10. The van der Waals surface area contributed by atoms with Crippen LogP contribution in [0.4, 0.5) is 10.3 Å². The average Bonchev–Trinajstić information content (AvgIpc) is 3.10. The number of hydrogen-bond donors (Lipinski definition) is 0. The maximum atomic E-state index is 13.5. The van der Waals surface area contributed by atoms with Gasteiger partial charge in [0, 0.05) is 39.0 Å². The van der Waals surface area contributed by atoms with E-state index in [9.17, 15) is 9.18 Å². The number of ether oxygens (including phenoxy) is 2. The van der Waals surface area contributed by atoms with Crippen LogP contribution in [0.1, 0.15) is 19.8 Å². The van der Waals surface area contributed by atoms with Crippen molar-refractivity contribution in [3.63, 3.8) is 0 Å². The Hall–Kier alpha value is -2.40. The van der Waals surface area contributed by atoms with Crippen LogP contribution in [0.25, 0.3) is 11.2 Å². The van der Waals surface area contributed by atoms with E-state index in [4.69, 9.17) is 9.47 Å². The van der Waals surface area contributed by atoms with Crippen LogP contribution < -0.4 is 9.64 Å². The van der Waals surface area contributed by atoms with Gasteiger partial charge in [-0.05, 0) is 35.0 Å². The van der Waals surface area contributed by atoms with Gasteiger partial charge in [0.15, 0.2) is 10.8 Å². The molecule has 32 heavy (non-hydrogen) atoms. The van der Waals surface area contributed by atoms with E-state index >= 15 is 0 Å². The third kappa shape index (κ3) is 5.15. The number of aryl methyl sites for hydroxylation is 1. The lowest BCUT2D eigenvalue weighted by atomic mass is 10.1. The van der Waals surface area contributed by atoms with E-state index in [1.54, 1.807) is 19.2 Å². The molecule has 1 aliphatic rings. The van der Waals surface area contributed by atoms with Crippen molar-refractivity contribution in [3.05, 3.63) is 34.7 Å². The lowest BCUT2D eigenvalue weighted by Crippen LogP contribution is -2.39. The summed E-state index contributed by atoms with van der Waals surface area (Å²) in [5, 5.41) is 0.687. The van der Waals surface area contributed by atoms with E-state index < -0.39 is 0 Å². The summed E-state index contributed by atoms with van der Waals surface area (Å²) in [6.45, 7) is 3.59.